The van der Waals surface area contributed by atoms with Crippen LogP contribution in [0, 0.1) is 0 Å². The molecule has 2 aromatic heterocycles. The van der Waals surface area contributed by atoms with E-state index in [2.05, 4.69) is 27.5 Å². The number of hydrazone groups is 1. The fourth-order valence-corrected chi connectivity index (χ4v) is 5.41. The molecule has 0 amide bonds. The number of methoxy groups -OCH3 is 1. The van der Waals surface area contributed by atoms with E-state index in [1.165, 1.54) is 46.2 Å². The van der Waals surface area contributed by atoms with Crippen molar-refractivity contribution in [1.29, 1.82) is 0 Å². The van der Waals surface area contributed by atoms with Crippen LogP contribution in [0.5, 0.6) is 5.75 Å². The number of hydrogen-bond donors (Lipinski definition) is 1. The maximum atomic E-state index is 5.37. The summed E-state index contributed by atoms with van der Waals surface area (Å²) in [6, 6.07) is 6.26. The summed E-state index contributed by atoms with van der Waals surface area (Å²) in [6.07, 6.45) is 9.61. The van der Waals surface area contributed by atoms with Crippen molar-refractivity contribution in [2.75, 3.05) is 12.5 Å². The van der Waals surface area contributed by atoms with E-state index < -0.39 is 0 Å². The molecule has 1 aromatic carbocycles. The molecule has 2 aliphatic rings. The van der Waals surface area contributed by atoms with Crippen molar-refractivity contribution in [3.05, 3.63) is 46.1 Å². The number of aryl methyl sites for hydroxylation is 3. The fraction of sp³-hybridized carbons (Fsp3) is 0.381. The van der Waals surface area contributed by atoms with Gasteiger partial charge in [-0.1, -0.05) is 0 Å². The minimum absolute atomic E-state index is 0.840. The Bertz CT molecular complexity index is 1040. The number of benzene rings is 1. The van der Waals surface area contributed by atoms with E-state index in [0.29, 0.717) is 0 Å². The van der Waals surface area contributed by atoms with Crippen LogP contribution >= 0.6 is 11.3 Å². The summed E-state index contributed by atoms with van der Waals surface area (Å²) in [6.45, 7) is 0. The van der Waals surface area contributed by atoms with Gasteiger partial charge in [-0.05, 0) is 74.3 Å². The third-order valence-corrected chi connectivity index (χ3v) is 6.73. The SMILES string of the molecule is COc1ccc2c(c1)CCC/C2=N/Nc1ncnc2sc3c(c12)CCCC3. The third kappa shape index (κ3) is 2.98. The van der Waals surface area contributed by atoms with Crippen LogP contribution in [0.25, 0.3) is 10.2 Å². The van der Waals surface area contributed by atoms with E-state index in [1.807, 2.05) is 17.4 Å². The highest BCUT2D eigenvalue weighted by atomic mass is 32.1. The standard InChI is InChI=1S/C21H22N4OS/c1-26-14-9-10-15-13(11-14)5-4-7-17(15)24-25-20-19-16-6-2-3-8-18(16)27-21(19)23-12-22-20/h9-12H,2-8H2,1H3,(H,22,23,25)/b24-17-. The Morgan fingerprint density at radius 3 is 2.93 bits per heavy atom. The molecule has 0 radical (unpaired) electrons. The van der Waals surface area contributed by atoms with Crippen LogP contribution < -0.4 is 10.2 Å². The second-order valence-corrected chi connectivity index (χ2v) is 8.24. The average molecular weight is 379 g/mol. The van der Waals surface area contributed by atoms with Crippen molar-refractivity contribution in [3.63, 3.8) is 0 Å². The Balaban J connectivity index is 1.51. The largest absolute Gasteiger partial charge is 0.497 e. The topological polar surface area (TPSA) is 59.4 Å². The van der Waals surface area contributed by atoms with Gasteiger partial charge in [-0.2, -0.15) is 5.10 Å². The van der Waals surface area contributed by atoms with Crippen molar-refractivity contribution in [3.8, 4) is 5.75 Å². The molecule has 27 heavy (non-hydrogen) atoms. The van der Waals surface area contributed by atoms with Gasteiger partial charge in [-0.3, -0.25) is 5.43 Å². The van der Waals surface area contributed by atoms with Gasteiger partial charge in [0, 0.05) is 10.4 Å². The van der Waals surface area contributed by atoms with Crippen LogP contribution in [0.1, 0.15) is 47.3 Å². The number of ether oxygens (including phenoxy) is 1. The monoisotopic (exact) mass is 378 g/mol. The van der Waals surface area contributed by atoms with Gasteiger partial charge in [0.25, 0.3) is 0 Å². The molecule has 0 fully saturated rings. The number of nitrogens with zero attached hydrogens (tertiary/aromatic N) is 3. The first kappa shape index (κ1) is 16.7. The maximum Gasteiger partial charge on any atom is 0.158 e. The summed E-state index contributed by atoms with van der Waals surface area (Å²) in [5.74, 6) is 1.75. The lowest BCUT2D eigenvalue weighted by molar-refractivity contribution is 0.414. The molecule has 2 heterocycles. The van der Waals surface area contributed by atoms with Gasteiger partial charge >= 0.3 is 0 Å². The summed E-state index contributed by atoms with van der Waals surface area (Å²) in [4.78, 5) is 11.6. The second kappa shape index (κ2) is 6.93. The molecule has 0 aliphatic heterocycles. The first-order chi connectivity index (χ1) is 13.3. The number of nitrogens with one attached hydrogen (secondary N) is 1. The number of aromatic nitrogens is 2. The number of hydrogen-bond acceptors (Lipinski definition) is 6. The Morgan fingerprint density at radius 1 is 1.07 bits per heavy atom. The number of thiophene rings is 1. The van der Waals surface area contributed by atoms with Crippen LogP contribution in [-0.2, 0) is 19.3 Å². The Labute approximate surface area is 162 Å². The van der Waals surface area contributed by atoms with E-state index in [-0.39, 0.29) is 0 Å². The molecule has 2 aliphatic carbocycles. The van der Waals surface area contributed by atoms with E-state index in [0.717, 1.165) is 47.8 Å². The van der Waals surface area contributed by atoms with Crippen LogP contribution in [-0.4, -0.2) is 22.8 Å². The highest BCUT2D eigenvalue weighted by Crippen LogP contribution is 2.38. The van der Waals surface area contributed by atoms with Gasteiger partial charge in [0.1, 0.15) is 16.9 Å². The first-order valence-electron chi connectivity index (χ1n) is 9.58. The van der Waals surface area contributed by atoms with Crippen LogP contribution in [0.15, 0.2) is 29.6 Å². The normalized spacial score (nSPS) is 17.6. The minimum Gasteiger partial charge on any atom is -0.497 e. The van der Waals surface area contributed by atoms with Crippen molar-refractivity contribution in [2.24, 2.45) is 5.10 Å². The van der Waals surface area contributed by atoms with E-state index in [9.17, 15) is 0 Å². The molecule has 5 rings (SSSR count). The fourth-order valence-electron chi connectivity index (χ4n) is 4.18. The zero-order valence-corrected chi connectivity index (χ0v) is 16.2. The lowest BCUT2D eigenvalue weighted by Crippen LogP contribution is -2.14. The van der Waals surface area contributed by atoms with Gasteiger partial charge < -0.3 is 4.74 Å². The van der Waals surface area contributed by atoms with E-state index in [1.54, 1.807) is 13.4 Å². The lowest BCUT2D eigenvalue weighted by Gasteiger charge is -2.19. The predicted octanol–water partition coefficient (Wildman–Crippen LogP) is 4.73. The zero-order chi connectivity index (χ0) is 18.2. The Kier molecular flexibility index (Phi) is 4.28. The second-order valence-electron chi connectivity index (χ2n) is 7.16. The summed E-state index contributed by atoms with van der Waals surface area (Å²) < 4.78 is 5.37. The highest BCUT2D eigenvalue weighted by molar-refractivity contribution is 7.19. The molecule has 3 aromatic rings. The maximum absolute atomic E-state index is 5.37. The summed E-state index contributed by atoms with van der Waals surface area (Å²) in [5, 5.41) is 5.94. The quantitative estimate of drug-likeness (QED) is 0.669. The molecule has 1 N–H and O–H groups in total. The molecule has 0 bridgehead atoms. The van der Waals surface area contributed by atoms with Crippen molar-refractivity contribution < 1.29 is 4.74 Å². The van der Waals surface area contributed by atoms with Gasteiger partial charge in [0.15, 0.2) is 5.82 Å². The molecule has 0 saturated carbocycles. The molecule has 0 unspecified atom stereocenters. The van der Waals surface area contributed by atoms with Crippen LogP contribution in [0.2, 0.25) is 0 Å². The van der Waals surface area contributed by atoms with Crippen molar-refractivity contribution in [1.82, 2.24) is 9.97 Å². The number of rotatable bonds is 3. The molecule has 0 spiro atoms. The van der Waals surface area contributed by atoms with Gasteiger partial charge in [0.2, 0.25) is 0 Å². The zero-order valence-electron chi connectivity index (χ0n) is 15.4. The average Bonchev–Trinajstić information content (AvgIpc) is 3.11. The number of fused-ring (bicyclic) bond motifs is 4. The van der Waals surface area contributed by atoms with Crippen LogP contribution in [0.3, 0.4) is 0 Å². The molecule has 6 heteroatoms. The molecule has 0 saturated heterocycles. The minimum atomic E-state index is 0.840. The van der Waals surface area contributed by atoms with E-state index in [4.69, 9.17) is 9.84 Å². The Morgan fingerprint density at radius 2 is 2.00 bits per heavy atom. The summed E-state index contributed by atoms with van der Waals surface area (Å²) >= 11 is 1.81. The van der Waals surface area contributed by atoms with Crippen molar-refractivity contribution in [2.45, 2.75) is 44.9 Å². The van der Waals surface area contributed by atoms with Gasteiger partial charge in [0.05, 0.1) is 18.2 Å². The molecular formula is C21H22N4OS. The van der Waals surface area contributed by atoms with Crippen LogP contribution in [0.4, 0.5) is 5.82 Å². The first-order valence-corrected chi connectivity index (χ1v) is 10.4. The lowest BCUT2D eigenvalue weighted by atomic mass is 9.90. The predicted molar refractivity (Wildman–Crippen MR) is 110 cm³/mol. The van der Waals surface area contributed by atoms with Gasteiger partial charge in [-0.25, -0.2) is 9.97 Å². The Hall–Kier alpha value is -2.47. The summed E-state index contributed by atoms with van der Waals surface area (Å²) in [5.41, 5.74) is 8.32. The highest BCUT2D eigenvalue weighted by Gasteiger charge is 2.20. The number of anilines is 1. The smallest absolute Gasteiger partial charge is 0.158 e. The molecular weight excluding hydrogens is 356 g/mol. The summed E-state index contributed by atoms with van der Waals surface area (Å²) in [7, 11) is 1.71. The molecule has 0 atom stereocenters. The third-order valence-electron chi connectivity index (χ3n) is 5.53. The van der Waals surface area contributed by atoms with E-state index >= 15 is 0 Å². The van der Waals surface area contributed by atoms with Gasteiger partial charge in [-0.15, -0.1) is 11.3 Å². The molecule has 138 valence electrons. The molecule has 5 nitrogen and oxygen atoms in total. The van der Waals surface area contributed by atoms with Crippen molar-refractivity contribution >= 4 is 33.1 Å².